The van der Waals surface area contributed by atoms with Crippen LogP contribution in [0.15, 0.2) is 12.1 Å². The molecular weight excluding hydrogens is 413 g/mol. The number of halogens is 1. The van der Waals surface area contributed by atoms with Crippen LogP contribution in [0.4, 0.5) is 10.1 Å². The van der Waals surface area contributed by atoms with Crippen molar-refractivity contribution < 1.29 is 17.5 Å². The van der Waals surface area contributed by atoms with Gasteiger partial charge in [0.15, 0.2) is 9.84 Å². The van der Waals surface area contributed by atoms with Gasteiger partial charge in [-0.05, 0) is 89.3 Å². The van der Waals surface area contributed by atoms with Gasteiger partial charge in [0.2, 0.25) is 0 Å². The standard InChI is InChI=1S/C25H40FNO3S/c1-17(2)31(28,29)16-22-9-6-21(7-10-22)8-11-23-12-18(3)25(24(26)13-23)27-14-19(4)30-20(5)15-27/h12-13,17,19-22H,6-11,14-16H2,1-5H3/t19-,20+,21?,22?. The van der Waals surface area contributed by atoms with E-state index in [1.807, 2.05) is 20.8 Å². The molecule has 1 aromatic rings. The topological polar surface area (TPSA) is 46.6 Å². The Morgan fingerprint density at radius 1 is 1.06 bits per heavy atom. The molecule has 4 nitrogen and oxygen atoms in total. The molecule has 0 aromatic heterocycles. The van der Waals surface area contributed by atoms with Crippen molar-refractivity contribution in [3.63, 3.8) is 0 Å². The third kappa shape index (κ3) is 6.44. The zero-order valence-corrected chi connectivity index (χ0v) is 20.7. The van der Waals surface area contributed by atoms with Gasteiger partial charge in [0.05, 0.1) is 28.9 Å². The number of hydrogen-bond acceptors (Lipinski definition) is 4. The van der Waals surface area contributed by atoms with Crippen LogP contribution in [0.2, 0.25) is 0 Å². The summed E-state index contributed by atoms with van der Waals surface area (Å²) in [5.41, 5.74) is 2.79. The molecule has 1 heterocycles. The maximum atomic E-state index is 15.0. The smallest absolute Gasteiger partial charge is 0.152 e. The summed E-state index contributed by atoms with van der Waals surface area (Å²) in [5, 5.41) is -0.282. The Morgan fingerprint density at radius 3 is 2.19 bits per heavy atom. The molecule has 0 radical (unpaired) electrons. The molecule has 1 saturated carbocycles. The van der Waals surface area contributed by atoms with Crippen LogP contribution in [0, 0.1) is 24.6 Å². The fraction of sp³-hybridized carbons (Fsp3) is 0.760. The van der Waals surface area contributed by atoms with Crippen LogP contribution in [0.3, 0.4) is 0 Å². The molecule has 0 amide bonds. The fourth-order valence-electron chi connectivity index (χ4n) is 5.29. The Morgan fingerprint density at radius 2 is 1.65 bits per heavy atom. The number of rotatable bonds is 7. The molecule has 0 spiro atoms. The molecule has 2 atom stereocenters. The van der Waals surface area contributed by atoms with E-state index in [2.05, 4.69) is 11.0 Å². The molecule has 1 aromatic carbocycles. The second-order valence-electron chi connectivity index (χ2n) is 10.2. The largest absolute Gasteiger partial charge is 0.372 e. The van der Waals surface area contributed by atoms with Crippen LogP contribution in [0.5, 0.6) is 0 Å². The summed E-state index contributed by atoms with van der Waals surface area (Å²) in [7, 11) is -2.95. The van der Waals surface area contributed by atoms with Crippen molar-refractivity contribution in [2.24, 2.45) is 11.8 Å². The third-order valence-corrected chi connectivity index (χ3v) is 9.42. The van der Waals surface area contributed by atoms with Gasteiger partial charge in [-0.3, -0.25) is 0 Å². The highest BCUT2D eigenvalue weighted by Gasteiger charge is 2.28. The zero-order valence-electron chi connectivity index (χ0n) is 19.9. The number of nitrogens with zero attached hydrogens (tertiary/aromatic N) is 1. The van der Waals surface area contributed by atoms with Gasteiger partial charge in [-0.1, -0.05) is 18.9 Å². The summed E-state index contributed by atoms with van der Waals surface area (Å²) < 4.78 is 45.2. The quantitative estimate of drug-likeness (QED) is 0.561. The third-order valence-electron chi connectivity index (χ3n) is 7.04. The van der Waals surface area contributed by atoms with Crippen molar-refractivity contribution in [1.82, 2.24) is 0 Å². The highest BCUT2D eigenvalue weighted by molar-refractivity contribution is 7.91. The van der Waals surface area contributed by atoms with Gasteiger partial charge in [0, 0.05) is 13.1 Å². The van der Waals surface area contributed by atoms with E-state index in [9.17, 15) is 8.42 Å². The molecule has 0 unspecified atom stereocenters. The Hall–Kier alpha value is -1.14. The van der Waals surface area contributed by atoms with E-state index in [0.717, 1.165) is 68.4 Å². The SMILES string of the molecule is Cc1cc(CCC2CCC(CS(=O)(=O)C(C)C)CC2)cc(F)c1N1C[C@@H](C)O[C@@H](C)C1. The van der Waals surface area contributed by atoms with Crippen molar-refractivity contribution in [3.05, 3.63) is 29.1 Å². The second kappa shape index (κ2) is 10.2. The number of morpholine rings is 1. The van der Waals surface area contributed by atoms with Gasteiger partial charge in [0.1, 0.15) is 5.82 Å². The van der Waals surface area contributed by atoms with Crippen molar-refractivity contribution in [3.8, 4) is 0 Å². The van der Waals surface area contributed by atoms with Crippen LogP contribution < -0.4 is 4.90 Å². The monoisotopic (exact) mass is 453 g/mol. The van der Waals surface area contributed by atoms with Crippen LogP contribution >= 0.6 is 0 Å². The first-order valence-corrected chi connectivity index (χ1v) is 13.7. The summed E-state index contributed by atoms with van der Waals surface area (Å²) in [4.78, 5) is 2.12. The number of benzene rings is 1. The molecule has 2 aliphatic rings. The van der Waals surface area contributed by atoms with Gasteiger partial charge in [-0.25, -0.2) is 12.8 Å². The maximum absolute atomic E-state index is 15.0. The molecule has 0 N–H and O–H groups in total. The minimum absolute atomic E-state index is 0.105. The number of ether oxygens (including phenoxy) is 1. The molecule has 1 saturated heterocycles. The van der Waals surface area contributed by atoms with Crippen LogP contribution in [-0.2, 0) is 21.0 Å². The van der Waals surface area contributed by atoms with E-state index >= 15 is 4.39 Å². The first-order valence-electron chi connectivity index (χ1n) is 12.0. The zero-order chi connectivity index (χ0) is 22.8. The Labute approximate surface area is 188 Å². The maximum Gasteiger partial charge on any atom is 0.152 e. The average Bonchev–Trinajstić information content (AvgIpc) is 2.66. The van der Waals surface area contributed by atoms with E-state index in [1.54, 1.807) is 19.9 Å². The molecule has 176 valence electrons. The predicted octanol–water partition coefficient (Wildman–Crippen LogP) is 5.31. The Balaban J connectivity index is 1.54. The summed E-state index contributed by atoms with van der Waals surface area (Å²) in [6.45, 7) is 11.1. The summed E-state index contributed by atoms with van der Waals surface area (Å²) in [6, 6.07) is 3.86. The molecule has 3 rings (SSSR count). The minimum atomic E-state index is -2.95. The van der Waals surface area contributed by atoms with E-state index in [1.165, 1.54) is 0 Å². The van der Waals surface area contributed by atoms with Crippen LogP contribution in [-0.4, -0.2) is 44.7 Å². The predicted molar refractivity (Wildman–Crippen MR) is 126 cm³/mol. The van der Waals surface area contributed by atoms with Crippen molar-refractivity contribution in [1.29, 1.82) is 0 Å². The van der Waals surface area contributed by atoms with Crippen molar-refractivity contribution >= 4 is 15.5 Å². The van der Waals surface area contributed by atoms with Crippen molar-refractivity contribution in [2.75, 3.05) is 23.7 Å². The molecule has 31 heavy (non-hydrogen) atoms. The van der Waals surface area contributed by atoms with Crippen LogP contribution in [0.1, 0.15) is 70.9 Å². The lowest BCUT2D eigenvalue weighted by Crippen LogP contribution is -2.46. The van der Waals surface area contributed by atoms with Gasteiger partial charge >= 0.3 is 0 Å². The molecule has 0 bridgehead atoms. The first-order chi connectivity index (χ1) is 14.5. The molecule has 1 aliphatic carbocycles. The highest BCUT2D eigenvalue weighted by atomic mass is 32.2. The van der Waals surface area contributed by atoms with Gasteiger partial charge in [0.25, 0.3) is 0 Å². The normalized spacial score (nSPS) is 27.6. The lowest BCUT2D eigenvalue weighted by atomic mass is 9.80. The first kappa shape index (κ1) is 24.5. The van der Waals surface area contributed by atoms with Crippen molar-refractivity contribution in [2.45, 2.75) is 90.6 Å². The Kier molecular flexibility index (Phi) is 8.06. The number of hydrogen-bond donors (Lipinski definition) is 0. The summed E-state index contributed by atoms with van der Waals surface area (Å²) >= 11 is 0. The van der Waals surface area contributed by atoms with E-state index < -0.39 is 9.84 Å². The van der Waals surface area contributed by atoms with E-state index in [0.29, 0.717) is 17.6 Å². The molecule has 2 fully saturated rings. The second-order valence-corrected chi connectivity index (χ2v) is 12.8. The van der Waals surface area contributed by atoms with E-state index in [-0.39, 0.29) is 23.3 Å². The van der Waals surface area contributed by atoms with Gasteiger partial charge < -0.3 is 9.64 Å². The Bertz CT molecular complexity index is 813. The van der Waals surface area contributed by atoms with E-state index in [4.69, 9.17) is 4.74 Å². The van der Waals surface area contributed by atoms with Gasteiger partial charge in [-0.2, -0.15) is 0 Å². The number of anilines is 1. The lowest BCUT2D eigenvalue weighted by molar-refractivity contribution is -0.00542. The summed E-state index contributed by atoms with van der Waals surface area (Å²) in [5.74, 6) is 1.13. The summed E-state index contributed by atoms with van der Waals surface area (Å²) in [6.07, 6.45) is 6.30. The molecular formula is C25H40FNO3S. The average molecular weight is 454 g/mol. The van der Waals surface area contributed by atoms with Crippen LogP contribution in [0.25, 0.3) is 0 Å². The fourth-order valence-corrected chi connectivity index (χ4v) is 6.67. The minimum Gasteiger partial charge on any atom is -0.372 e. The lowest BCUT2D eigenvalue weighted by Gasteiger charge is -2.37. The molecule has 6 heteroatoms. The highest BCUT2D eigenvalue weighted by Crippen LogP contribution is 2.34. The number of sulfone groups is 1. The van der Waals surface area contributed by atoms with Gasteiger partial charge in [-0.15, -0.1) is 0 Å². The number of aryl methyl sites for hydroxylation is 2. The molecule has 1 aliphatic heterocycles.